The molecule has 1 saturated heterocycles. The van der Waals surface area contributed by atoms with Crippen molar-refractivity contribution < 1.29 is 9.53 Å². The molecule has 5 nitrogen and oxygen atoms in total. The van der Waals surface area contributed by atoms with Crippen LogP contribution in [0.25, 0.3) is 0 Å². The minimum atomic E-state index is -0.0654. The lowest BCUT2D eigenvalue weighted by Gasteiger charge is -2.19. The van der Waals surface area contributed by atoms with Gasteiger partial charge in [-0.2, -0.15) is 0 Å². The molecule has 1 aromatic rings. The maximum Gasteiger partial charge on any atom is 0.238 e. The van der Waals surface area contributed by atoms with E-state index in [-0.39, 0.29) is 5.91 Å². The molecular formula is C14H19BrClN3O2. The fraction of sp³-hybridized carbons (Fsp3) is 0.500. The van der Waals surface area contributed by atoms with Crippen LogP contribution < -0.4 is 15.4 Å². The molecule has 1 amide bonds. The van der Waals surface area contributed by atoms with E-state index < -0.39 is 0 Å². The van der Waals surface area contributed by atoms with Crippen molar-refractivity contribution in [1.29, 1.82) is 0 Å². The Morgan fingerprint density at radius 1 is 1.48 bits per heavy atom. The number of benzene rings is 1. The Labute approximate surface area is 138 Å². The average Bonchev–Trinajstić information content (AvgIpc) is 2.66. The Hall–Kier alpha value is -0.820. The van der Waals surface area contributed by atoms with Gasteiger partial charge in [-0.25, -0.2) is 0 Å². The van der Waals surface area contributed by atoms with Crippen LogP contribution in [0.3, 0.4) is 0 Å². The minimum absolute atomic E-state index is 0.0654. The standard InChI is InChI=1S/C14H19BrClN3O2/c1-21-14-11(15)7-10(16)8-12(14)18-13(20)9-19-5-2-3-17-4-6-19/h7-8,17H,2-6,9H2,1H3,(H,18,20). The van der Waals surface area contributed by atoms with Crippen LogP contribution in [0.4, 0.5) is 5.69 Å². The fourth-order valence-corrected chi connectivity index (χ4v) is 3.29. The smallest absolute Gasteiger partial charge is 0.238 e. The summed E-state index contributed by atoms with van der Waals surface area (Å²) in [6.45, 7) is 4.10. The zero-order chi connectivity index (χ0) is 15.2. The Morgan fingerprint density at radius 2 is 2.29 bits per heavy atom. The molecular weight excluding hydrogens is 358 g/mol. The molecule has 2 rings (SSSR count). The summed E-state index contributed by atoms with van der Waals surface area (Å²) in [5, 5.41) is 6.73. The normalized spacial score (nSPS) is 16.3. The SMILES string of the molecule is COc1c(Br)cc(Cl)cc1NC(=O)CN1CCCNCC1. The average molecular weight is 377 g/mol. The predicted molar refractivity (Wildman–Crippen MR) is 88.3 cm³/mol. The molecule has 0 bridgehead atoms. The third-order valence-electron chi connectivity index (χ3n) is 3.29. The molecule has 0 saturated carbocycles. The van der Waals surface area contributed by atoms with Crippen molar-refractivity contribution in [3.8, 4) is 5.75 Å². The van der Waals surface area contributed by atoms with Crippen molar-refractivity contribution >= 4 is 39.1 Å². The molecule has 0 unspecified atom stereocenters. The van der Waals surface area contributed by atoms with E-state index in [1.54, 1.807) is 19.2 Å². The quantitative estimate of drug-likeness (QED) is 0.847. The number of carbonyl (C=O) groups is 1. The number of carbonyl (C=O) groups excluding carboxylic acids is 1. The highest BCUT2D eigenvalue weighted by Gasteiger charge is 2.16. The number of nitrogens with one attached hydrogen (secondary N) is 2. The number of nitrogens with zero attached hydrogens (tertiary/aromatic N) is 1. The molecule has 0 aliphatic carbocycles. The number of hydrogen-bond donors (Lipinski definition) is 2. The van der Waals surface area contributed by atoms with Gasteiger partial charge in [0, 0.05) is 18.1 Å². The summed E-state index contributed by atoms with van der Waals surface area (Å²) in [5.41, 5.74) is 0.579. The number of ether oxygens (including phenoxy) is 1. The molecule has 0 aromatic heterocycles. The molecule has 116 valence electrons. The van der Waals surface area contributed by atoms with E-state index >= 15 is 0 Å². The van der Waals surface area contributed by atoms with Gasteiger partial charge in [0.2, 0.25) is 5.91 Å². The molecule has 1 heterocycles. The highest BCUT2D eigenvalue weighted by atomic mass is 79.9. The maximum atomic E-state index is 12.2. The minimum Gasteiger partial charge on any atom is -0.493 e. The highest BCUT2D eigenvalue weighted by Crippen LogP contribution is 2.36. The van der Waals surface area contributed by atoms with E-state index in [0.717, 1.165) is 32.6 Å². The van der Waals surface area contributed by atoms with Gasteiger partial charge >= 0.3 is 0 Å². The second kappa shape index (κ2) is 7.98. The first-order chi connectivity index (χ1) is 10.1. The fourth-order valence-electron chi connectivity index (χ4n) is 2.31. The lowest BCUT2D eigenvalue weighted by atomic mass is 10.3. The van der Waals surface area contributed by atoms with Gasteiger partial charge in [0.1, 0.15) is 0 Å². The van der Waals surface area contributed by atoms with E-state index in [1.165, 1.54) is 0 Å². The van der Waals surface area contributed by atoms with Crippen molar-refractivity contribution in [2.24, 2.45) is 0 Å². The topological polar surface area (TPSA) is 53.6 Å². The van der Waals surface area contributed by atoms with Crippen molar-refractivity contribution in [1.82, 2.24) is 10.2 Å². The van der Waals surface area contributed by atoms with Crippen LogP contribution >= 0.6 is 27.5 Å². The molecule has 0 spiro atoms. The molecule has 21 heavy (non-hydrogen) atoms. The van der Waals surface area contributed by atoms with Crippen molar-refractivity contribution in [3.05, 3.63) is 21.6 Å². The van der Waals surface area contributed by atoms with Gasteiger partial charge < -0.3 is 15.4 Å². The first kappa shape index (κ1) is 16.5. The van der Waals surface area contributed by atoms with Gasteiger partial charge in [-0.05, 0) is 47.6 Å². The van der Waals surface area contributed by atoms with Crippen molar-refractivity contribution in [2.45, 2.75) is 6.42 Å². The summed E-state index contributed by atoms with van der Waals surface area (Å²) in [6, 6.07) is 3.42. The van der Waals surface area contributed by atoms with Gasteiger partial charge in [0.05, 0.1) is 23.8 Å². The molecule has 0 atom stereocenters. The lowest BCUT2D eigenvalue weighted by Crippen LogP contribution is -2.35. The van der Waals surface area contributed by atoms with Crippen LogP contribution in [0.2, 0.25) is 5.02 Å². The molecule has 1 aliphatic rings. The Kier molecular flexibility index (Phi) is 6.29. The molecule has 1 aliphatic heterocycles. The van der Waals surface area contributed by atoms with Crippen molar-refractivity contribution in [2.75, 3.05) is 45.2 Å². The van der Waals surface area contributed by atoms with E-state index in [4.69, 9.17) is 16.3 Å². The van der Waals surface area contributed by atoms with E-state index in [9.17, 15) is 4.79 Å². The summed E-state index contributed by atoms with van der Waals surface area (Å²) in [6.07, 6.45) is 1.05. The van der Waals surface area contributed by atoms with Crippen LogP contribution in [0.15, 0.2) is 16.6 Å². The molecule has 7 heteroatoms. The summed E-state index contributed by atoms with van der Waals surface area (Å²) in [5.74, 6) is 0.509. The van der Waals surface area contributed by atoms with E-state index in [0.29, 0.717) is 27.5 Å². The van der Waals surface area contributed by atoms with Crippen LogP contribution in [-0.4, -0.2) is 50.6 Å². The summed E-state index contributed by atoms with van der Waals surface area (Å²) < 4.78 is 6.01. The number of halogens is 2. The molecule has 0 radical (unpaired) electrons. The third kappa shape index (κ3) is 4.85. The Morgan fingerprint density at radius 3 is 3.05 bits per heavy atom. The highest BCUT2D eigenvalue weighted by molar-refractivity contribution is 9.10. The van der Waals surface area contributed by atoms with E-state index in [1.807, 2.05) is 0 Å². The summed E-state index contributed by atoms with van der Waals surface area (Å²) >= 11 is 9.40. The monoisotopic (exact) mass is 375 g/mol. The second-order valence-corrected chi connectivity index (χ2v) is 6.19. The first-order valence-electron chi connectivity index (χ1n) is 6.86. The molecule has 1 aromatic carbocycles. The maximum absolute atomic E-state index is 12.2. The number of amides is 1. The number of anilines is 1. The zero-order valence-electron chi connectivity index (χ0n) is 11.9. The van der Waals surface area contributed by atoms with Gasteiger partial charge in [-0.15, -0.1) is 0 Å². The van der Waals surface area contributed by atoms with Crippen molar-refractivity contribution in [3.63, 3.8) is 0 Å². The Balaban J connectivity index is 2.01. The lowest BCUT2D eigenvalue weighted by molar-refractivity contribution is -0.117. The predicted octanol–water partition coefficient (Wildman–Crippen LogP) is 2.34. The van der Waals surface area contributed by atoms with Gasteiger partial charge in [-0.3, -0.25) is 9.69 Å². The number of methoxy groups -OCH3 is 1. The van der Waals surface area contributed by atoms with E-state index in [2.05, 4.69) is 31.5 Å². The number of hydrogen-bond acceptors (Lipinski definition) is 4. The Bertz CT molecular complexity index is 505. The summed E-state index contributed by atoms with van der Waals surface area (Å²) in [4.78, 5) is 14.3. The van der Waals surface area contributed by atoms with Gasteiger partial charge in [0.25, 0.3) is 0 Å². The number of rotatable bonds is 4. The van der Waals surface area contributed by atoms with Crippen LogP contribution in [0.5, 0.6) is 5.75 Å². The van der Waals surface area contributed by atoms with Crippen LogP contribution in [-0.2, 0) is 4.79 Å². The zero-order valence-corrected chi connectivity index (χ0v) is 14.3. The third-order valence-corrected chi connectivity index (χ3v) is 4.09. The summed E-state index contributed by atoms with van der Waals surface area (Å²) in [7, 11) is 1.56. The molecule has 2 N–H and O–H groups in total. The van der Waals surface area contributed by atoms with Crippen LogP contribution in [0, 0.1) is 0 Å². The largest absolute Gasteiger partial charge is 0.493 e. The van der Waals surface area contributed by atoms with Gasteiger partial charge in [-0.1, -0.05) is 11.6 Å². The van der Waals surface area contributed by atoms with Crippen LogP contribution in [0.1, 0.15) is 6.42 Å². The second-order valence-electron chi connectivity index (χ2n) is 4.90. The van der Waals surface area contributed by atoms with Gasteiger partial charge in [0.15, 0.2) is 5.75 Å². The first-order valence-corrected chi connectivity index (χ1v) is 8.03. The molecule has 1 fully saturated rings.